The number of hydrogen-bond acceptors (Lipinski definition) is 4. The second kappa shape index (κ2) is 4.46. The van der Waals surface area contributed by atoms with E-state index in [-0.39, 0.29) is 11.7 Å². The minimum absolute atomic E-state index is 0.195. The maximum Gasteiger partial charge on any atom is 0.138 e. The van der Waals surface area contributed by atoms with Gasteiger partial charge in [-0.1, -0.05) is 0 Å². The number of rotatable bonds is 2. The van der Waals surface area contributed by atoms with Crippen molar-refractivity contribution in [2.45, 2.75) is 12.3 Å². The first-order valence-electron chi connectivity index (χ1n) is 6.03. The molecule has 0 radical (unpaired) electrons. The molecule has 18 heavy (non-hydrogen) atoms. The summed E-state index contributed by atoms with van der Waals surface area (Å²) in [6, 6.07) is 7.40. The van der Waals surface area contributed by atoms with Crippen LogP contribution in [-0.2, 0) is 4.74 Å². The molecule has 1 aliphatic heterocycles. The first-order valence-corrected chi connectivity index (χ1v) is 6.03. The van der Waals surface area contributed by atoms with Crippen molar-refractivity contribution in [3.05, 3.63) is 30.0 Å². The topological polar surface area (TPSA) is 51.6 Å². The van der Waals surface area contributed by atoms with Crippen LogP contribution in [0.3, 0.4) is 0 Å². The molecule has 1 atom stereocenters. The standard InChI is InChI=1S/C14H15NO3/c1-17-11-3-2-9-6-13(16)14(15-12(9)7-11)10-4-5-18-8-10/h2-3,6-7,10,16H,4-5,8H2,1H3. The van der Waals surface area contributed by atoms with Crippen LogP contribution in [0.2, 0.25) is 0 Å². The van der Waals surface area contributed by atoms with Crippen LogP contribution < -0.4 is 4.74 Å². The van der Waals surface area contributed by atoms with E-state index in [1.165, 1.54) is 0 Å². The first kappa shape index (κ1) is 11.3. The highest BCUT2D eigenvalue weighted by Gasteiger charge is 2.22. The minimum atomic E-state index is 0.195. The highest BCUT2D eigenvalue weighted by atomic mass is 16.5. The summed E-state index contributed by atoms with van der Waals surface area (Å²) in [7, 11) is 1.63. The van der Waals surface area contributed by atoms with Crippen LogP contribution in [0.4, 0.5) is 0 Å². The van der Waals surface area contributed by atoms with Crippen LogP contribution in [0.1, 0.15) is 18.0 Å². The highest BCUT2D eigenvalue weighted by Crippen LogP contribution is 2.33. The van der Waals surface area contributed by atoms with Crippen molar-refractivity contribution in [2.24, 2.45) is 0 Å². The lowest BCUT2D eigenvalue weighted by atomic mass is 10.0. The van der Waals surface area contributed by atoms with Gasteiger partial charge in [0.25, 0.3) is 0 Å². The van der Waals surface area contributed by atoms with Gasteiger partial charge in [0.05, 0.1) is 24.9 Å². The Hall–Kier alpha value is -1.81. The van der Waals surface area contributed by atoms with Gasteiger partial charge < -0.3 is 14.6 Å². The third-order valence-electron chi connectivity index (χ3n) is 3.35. The molecule has 0 aliphatic carbocycles. The van der Waals surface area contributed by atoms with Gasteiger partial charge in [-0.15, -0.1) is 0 Å². The van der Waals surface area contributed by atoms with Crippen LogP contribution >= 0.6 is 0 Å². The fraction of sp³-hybridized carbons (Fsp3) is 0.357. The van der Waals surface area contributed by atoms with Gasteiger partial charge in [0.15, 0.2) is 0 Å². The van der Waals surface area contributed by atoms with Gasteiger partial charge in [0, 0.05) is 24.0 Å². The van der Waals surface area contributed by atoms with Crippen molar-refractivity contribution >= 4 is 10.9 Å². The summed E-state index contributed by atoms with van der Waals surface area (Å²) < 4.78 is 10.5. The molecule has 94 valence electrons. The second-order valence-electron chi connectivity index (χ2n) is 4.51. The van der Waals surface area contributed by atoms with E-state index in [0.29, 0.717) is 6.61 Å². The van der Waals surface area contributed by atoms with E-state index >= 15 is 0 Å². The molecule has 1 N–H and O–H groups in total. The Morgan fingerprint density at radius 3 is 3.00 bits per heavy atom. The third-order valence-corrected chi connectivity index (χ3v) is 3.35. The van der Waals surface area contributed by atoms with Crippen molar-refractivity contribution in [1.82, 2.24) is 4.98 Å². The van der Waals surface area contributed by atoms with Crippen LogP contribution in [0.15, 0.2) is 24.3 Å². The zero-order valence-electron chi connectivity index (χ0n) is 10.2. The summed E-state index contributed by atoms with van der Waals surface area (Å²) in [5.74, 6) is 1.22. The molecule has 1 aliphatic rings. The number of aromatic nitrogens is 1. The second-order valence-corrected chi connectivity index (χ2v) is 4.51. The monoisotopic (exact) mass is 245 g/mol. The zero-order chi connectivity index (χ0) is 12.5. The van der Waals surface area contributed by atoms with Crippen molar-refractivity contribution in [2.75, 3.05) is 20.3 Å². The average molecular weight is 245 g/mol. The fourth-order valence-electron chi connectivity index (χ4n) is 2.33. The van der Waals surface area contributed by atoms with Crippen LogP contribution in [0.5, 0.6) is 11.5 Å². The summed E-state index contributed by atoms with van der Waals surface area (Å²) in [6.07, 6.45) is 0.913. The van der Waals surface area contributed by atoms with Gasteiger partial charge in [0.1, 0.15) is 11.5 Å². The number of nitrogens with zero attached hydrogens (tertiary/aromatic N) is 1. The van der Waals surface area contributed by atoms with Crippen LogP contribution in [-0.4, -0.2) is 30.4 Å². The SMILES string of the molecule is COc1ccc2cc(O)c(C3CCOC3)nc2c1. The van der Waals surface area contributed by atoms with E-state index in [2.05, 4.69) is 4.98 Å². The van der Waals surface area contributed by atoms with Gasteiger partial charge in [0.2, 0.25) is 0 Å². The van der Waals surface area contributed by atoms with Crippen molar-refractivity contribution in [3.63, 3.8) is 0 Å². The molecule has 1 fully saturated rings. The predicted molar refractivity (Wildman–Crippen MR) is 68.1 cm³/mol. The highest BCUT2D eigenvalue weighted by molar-refractivity contribution is 5.81. The summed E-state index contributed by atoms with van der Waals surface area (Å²) in [4.78, 5) is 4.56. The summed E-state index contributed by atoms with van der Waals surface area (Å²) in [5.41, 5.74) is 1.57. The van der Waals surface area contributed by atoms with Gasteiger partial charge >= 0.3 is 0 Å². The Balaban J connectivity index is 2.11. The molecule has 3 rings (SSSR count). The smallest absolute Gasteiger partial charge is 0.138 e. The lowest BCUT2D eigenvalue weighted by Crippen LogP contribution is -2.01. The quantitative estimate of drug-likeness (QED) is 0.883. The number of ether oxygens (including phenoxy) is 2. The van der Waals surface area contributed by atoms with Gasteiger partial charge in [-0.05, 0) is 24.6 Å². The molecule has 4 nitrogen and oxygen atoms in total. The summed E-state index contributed by atoms with van der Waals surface area (Å²) >= 11 is 0. The maximum atomic E-state index is 10.0. The van der Waals surface area contributed by atoms with E-state index in [1.807, 2.05) is 18.2 Å². The molecule has 0 bridgehead atoms. The lowest BCUT2D eigenvalue weighted by molar-refractivity contribution is 0.193. The molecule has 1 aromatic heterocycles. The van der Waals surface area contributed by atoms with Gasteiger partial charge in [-0.25, -0.2) is 4.98 Å². The Labute approximate surface area is 105 Å². The first-order chi connectivity index (χ1) is 8.78. The molecular weight excluding hydrogens is 230 g/mol. The molecule has 2 heterocycles. The number of methoxy groups -OCH3 is 1. The largest absolute Gasteiger partial charge is 0.506 e. The average Bonchev–Trinajstić information content (AvgIpc) is 2.91. The summed E-state index contributed by atoms with van der Waals surface area (Å²) in [6.45, 7) is 1.37. The summed E-state index contributed by atoms with van der Waals surface area (Å²) in [5, 5.41) is 11.0. The molecule has 4 heteroatoms. The number of fused-ring (bicyclic) bond motifs is 1. The normalized spacial score (nSPS) is 19.3. The van der Waals surface area contributed by atoms with E-state index in [1.54, 1.807) is 13.2 Å². The Kier molecular flexibility index (Phi) is 2.80. The number of pyridine rings is 1. The molecule has 2 aromatic rings. The number of hydrogen-bond donors (Lipinski definition) is 1. The molecule has 0 amide bonds. The predicted octanol–water partition coefficient (Wildman–Crippen LogP) is 2.45. The molecule has 1 aromatic carbocycles. The minimum Gasteiger partial charge on any atom is -0.506 e. The van der Waals surface area contributed by atoms with Crippen LogP contribution in [0, 0.1) is 0 Å². The number of aromatic hydroxyl groups is 1. The van der Waals surface area contributed by atoms with Gasteiger partial charge in [-0.3, -0.25) is 0 Å². The lowest BCUT2D eigenvalue weighted by Gasteiger charge is -2.11. The zero-order valence-corrected chi connectivity index (χ0v) is 10.2. The van der Waals surface area contributed by atoms with Crippen LogP contribution in [0.25, 0.3) is 10.9 Å². The van der Waals surface area contributed by atoms with Gasteiger partial charge in [-0.2, -0.15) is 0 Å². The van der Waals surface area contributed by atoms with E-state index in [9.17, 15) is 5.11 Å². The Morgan fingerprint density at radius 2 is 2.28 bits per heavy atom. The fourth-order valence-corrected chi connectivity index (χ4v) is 2.33. The van der Waals surface area contributed by atoms with E-state index < -0.39 is 0 Å². The molecule has 1 saturated heterocycles. The van der Waals surface area contributed by atoms with Crippen molar-refractivity contribution < 1.29 is 14.6 Å². The molecular formula is C14H15NO3. The molecule has 0 spiro atoms. The third kappa shape index (κ3) is 1.88. The molecule has 0 saturated carbocycles. The van der Waals surface area contributed by atoms with E-state index in [0.717, 1.165) is 35.4 Å². The maximum absolute atomic E-state index is 10.0. The van der Waals surface area contributed by atoms with Crippen molar-refractivity contribution in [1.29, 1.82) is 0 Å². The number of benzene rings is 1. The Morgan fingerprint density at radius 1 is 1.39 bits per heavy atom. The van der Waals surface area contributed by atoms with Crippen molar-refractivity contribution in [3.8, 4) is 11.5 Å². The Bertz CT molecular complexity index is 577. The molecule has 1 unspecified atom stereocenters. The van der Waals surface area contributed by atoms with E-state index in [4.69, 9.17) is 9.47 Å².